The van der Waals surface area contributed by atoms with Crippen LogP contribution < -0.4 is 5.32 Å². The standard InChI is InChI=1S/C24H24N2O2/c1-2-12-28-24(27)15-10-11-22-19(13-15)16-7-5-8-18(16)23(26-22)20-14-25-21-9-4-3-6-17(20)21/h3-7,9-11,13-14,16,18,23,25-26H,2,8,12H2,1H3. The van der Waals surface area contributed by atoms with Crippen LogP contribution in [0.15, 0.2) is 60.8 Å². The molecule has 4 nitrogen and oxygen atoms in total. The minimum atomic E-state index is -0.234. The zero-order chi connectivity index (χ0) is 19.1. The van der Waals surface area contributed by atoms with Gasteiger partial charge in [0.2, 0.25) is 0 Å². The normalized spacial score (nSPS) is 22.5. The van der Waals surface area contributed by atoms with Gasteiger partial charge in [0.05, 0.1) is 18.2 Å². The molecule has 2 aromatic carbocycles. The summed E-state index contributed by atoms with van der Waals surface area (Å²) in [6, 6.07) is 14.6. The number of benzene rings is 2. The van der Waals surface area contributed by atoms with Crippen LogP contribution in [0.3, 0.4) is 0 Å². The third-order valence-corrected chi connectivity index (χ3v) is 5.99. The molecular weight excluding hydrogens is 348 g/mol. The van der Waals surface area contributed by atoms with Gasteiger partial charge in [-0.2, -0.15) is 0 Å². The first-order valence-electron chi connectivity index (χ1n) is 10.1. The number of para-hydroxylation sites is 1. The Morgan fingerprint density at radius 3 is 2.96 bits per heavy atom. The average Bonchev–Trinajstić information content (AvgIpc) is 3.38. The quantitative estimate of drug-likeness (QED) is 0.465. The van der Waals surface area contributed by atoms with Gasteiger partial charge in [-0.25, -0.2) is 4.79 Å². The lowest BCUT2D eigenvalue weighted by Gasteiger charge is -2.37. The molecule has 0 radical (unpaired) electrons. The van der Waals surface area contributed by atoms with Crippen molar-refractivity contribution >= 4 is 22.6 Å². The summed E-state index contributed by atoms with van der Waals surface area (Å²) < 4.78 is 5.33. The van der Waals surface area contributed by atoms with Gasteiger partial charge in [0.15, 0.2) is 0 Å². The number of esters is 1. The van der Waals surface area contributed by atoms with Crippen molar-refractivity contribution in [2.24, 2.45) is 5.92 Å². The predicted octanol–water partition coefficient (Wildman–Crippen LogP) is 5.56. The first kappa shape index (κ1) is 17.1. The number of allylic oxidation sites excluding steroid dienone is 2. The largest absolute Gasteiger partial charge is 0.462 e. The Morgan fingerprint density at radius 2 is 2.07 bits per heavy atom. The maximum absolute atomic E-state index is 12.3. The fraction of sp³-hybridized carbons (Fsp3) is 0.292. The van der Waals surface area contributed by atoms with E-state index >= 15 is 0 Å². The van der Waals surface area contributed by atoms with Gasteiger partial charge < -0.3 is 15.0 Å². The number of aromatic amines is 1. The number of anilines is 1. The van der Waals surface area contributed by atoms with Crippen LogP contribution in [0.1, 0.15) is 53.2 Å². The SMILES string of the molecule is CCCOC(=O)c1ccc2c(c1)C1C=CCC1C(c1c[nH]c3ccccc13)N2. The minimum absolute atomic E-state index is 0.234. The lowest BCUT2D eigenvalue weighted by atomic mass is 9.76. The third kappa shape index (κ3) is 2.71. The van der Waals surface area contributed by atoms with Gasteiger partial charge in [0.25, 0.3) is 0 Å². The van der Waals surface area contributed by atoms with Gasteiger partial charge >= 0.3 is 5.97 Å². The number of carbonyl (C=O) groups excluding carboxylic acids is 1. The molecule has 2 aliphatic rings. The summed E-state index contributed by atoms with van der Waals surface area (Å²) >= 11 is 0. The summed E-state index contributed by atoms with van der Waals surface area (Å²) in [4.78, 5) is 15.7. The topological polar surface area (TPSA) is 54.1 Å². The molecule has 0 fully saturated rings. The van der Waals surface area contributed by atoms with E-state index in [4.69, 9.17) is 4.74 Å². The summed E-state index contributed by atoms with van der Waals surface area (Å²) in [7, 11) is 0. The maximum atomic E-state index is 12.3. The van der Waals surface area contributed by atoms with Crippen LogP contribution in [0.5, 0.6) is 0 Å². The number of hydrogen-bond donors (Lipinski definition) is 2. The number of ether oxygens (including phenoxy) is 1. The maximum Gasteiger partial charge on any atom is 0.338 e. The fourth-order valence-corrected chi connectivity index (χ4v) is 4.66. The van der Waals surface area contributed by atoms with E-state index < -0.39 is 0 Å². The highest BCUT2D eigenvalue weighted by Crippen LogP contribution is 2.50. The first-order chi connectivity index (χ1) is 13.8. The number of rotatable bonds is 4. The zero-order valence-corrected chi connectivity index (χ0v) is 15.9. The monoisotopic (exact) mass is 372 g/mol. The summed E-state index contributed by atoms with van der Waals surface area (Å²) in [6.07, 6.45) is 8.58. The van der Waals surface area contributed by atoms with E-state index in [1.807, 2.05) is 25.1 Å². The van der Waals surface area contributed by atoms with E-state index in [-0.39, 0.29) is 12.0 Å². The van der Waals surface area contributed by atoms with Crippen molar-refractivity contribution in [1.82, 2.24) is 4.98 Å². The molecule has 3 atom stereocenters. The molecule has 28 heavy (non-hydrogen) atoms. The molecule has 3 aromatic rings. The molecule has 0 spiro atoms. The van der Waals surface area contributed by atoms with E-state index in [2.05, 4.69) is 52.9 Å². The molecule has 142 valence electrons. The predicted molar refractivity (Wildman–Crippen MR) is 112 cm³/mol. The minimum Gasteiger partial charge on any atom is -0.462 e. The molecule has 2 heterocycles. The van der Waals surface area contributed by atoms with Crippen LogP contribution in [-0.4, -0.2) is 17.6 Å². The summed E-state index contributed by atoms with van der Waals surface area (Å²) in [6.45, 7) is 2.46. The molecule has 2 N–H and O–H groups in total. The van der Waals surface area contributed by atoms with Crippen LogP contribution >= 0.6 is 0 Å². The van der Waals surface area contributed by atoms with Crippen LogP contribution in [0.25, 0.3) is 10.9 Å². The Morgan fingerprint density at radius 1 is 1.18 bits per heavy atom. The number of hydrogen-bond acceptors (Lipinski definition) is 3. The van der Waals surface area contributed by atoms with E-state index in [1.165, 1.54) is 22.0 Å². The van der Waals surface area contributed by atoms with Crippen molar-refractivity contribution in [2.75, 3.05) is 11.9 Å². The molecule has 3 unspecified atom stereocenters. The molecule has 4 heteroatoms. The summed E-state index contributed by atoms with van der Waals surface area (Å²) in [5.41, 5.74) is 5.42. The molecule has 1 aromatic heterocycles. The highest BCUT2D eigenvalue weighted by molar-refractivity contribution is 5.91. The third-order valence-electron chi connectivity index (χ3n) is 5.99. The number of nitrogens with one attached hydrogen (secondary N) is 2. The van der Waals surface area contributed by atoms with Gasteiger partial charge in [-0.1, -0.05) is 37.3 Å². The second-order valence-electron chi connectivity index (χ2n) is 7.70. The van der Waals surface area contributed by atoms with Crippen molar-refractivity contribution in [3.63, 3.8) is 0 Å². The first-order valence-corrected chi connectivity index (χ1v) is 10.1. The summed E-state index contributed by atoms with van der Waals surface area (Å²) in [5, 5.41) is 5.03. The summed E-state index contributed by atoms with van der Waals surface area (Å²) in [5.74, 6) is 0.518. The van der Waals surface area contributed by atoms with Crippen molar-refractivity contribution in [3.8, 4) is 0 Å². The Labute approximate surface area is 164 Å². The van der Waals surface area contributed by atoms with Crippen molar-refractivity contribution in [3.05, 3.63) is 77.5 Å². The zero-order valence-electron chi connectivity index (χ0n) is 15.9. The molecular formula is C24H24N2O2. The average molecular weight is 372 g/mol. The smallest absolute Gasteiger partial charge is 0.338 e. The van der Waals surface area contributed by atoms with Crippen LogP contribution in [0, 0.1) is 5.92 Å². The Balaban J connectivity index is 1.52. The van der Waals surface area contributed by atoms with Crippen molar-refractivity contribution < 1.29 is 9.53 Å². The lowest BCUT2D eigenvalue weighted by Crippen LogP contribution is -2.29. The van der Waals surface area contributed by atoms with Gasteiger partial charge in [-0.15, -0.1) is 0 Å². The second kappa shape index (κ2) is 6.86. The molecule has 5 rings (SSSR count). The highest BCUT2D eigenvalue weighted by atomic mass is 16.5. The molecule has 1 aliphatic carbocycles. The number of H-pyrrole nitrogens is 1. The molecule has 0 saturated carbocycles. The van der Waals surface area contributed by atoms with E-state index in [0.29, 0.717) is 24.0 Å². The Kier molecular flexibility index (Phi) is 4.19. The van der Waals surface area contributed by atoms with Crippen LogP contribution in [0.2, 0.25) is 0 Å². The van der Waals surface area contributed by atoms with Gasteiger partial charge in [0.1, 0.15) is 0 Å². The molecule has 0 saturated heterocycles. The Bertz CT molecular complexity index is 1070. The van der Waals surface area contributed by atoms with Gasteiger partial charge in [-0.3, -0.25) is 0 Å². The van der Waals surface area contributed by atoms with Crippen LogP contribution in [0.4, 0.5) is 5.69 Å². The number of aromatic nitrogens is 1. The highest BCUT2D eigenvalue weighted by Gasteiger charge is 2.39. The van der Waals surface area contributed by atoms with E-state index in [1.54, 1.807) is 0 Å². The van der Waals surface area contributed by atoms with Crippen LogP contribution in [-0.2, 0) is 4.74 Å². The lowest BCUT2D eigenvalue weighted by molar-refractivity contribution is 0.0505. The van der Waals surface area contributed by atoms with E-state index in [0.717, 1.165) is 18.5 Å². The van der Waals surface area contributed by atoms with Gasteiger partial charge in [0, 0.05) is 28.7 Å². The van der Waals surface area contributed by atoms with E-state index in [9.17, 15) is 4.79 Å². The number of fused-ring (bicyclic) bond motifs is 4. The van der Waals surface area contributed by atoms with Gasteiger partial charge in [-0.05, 0) is 54.2 Å². The number of carbonyl (C=O) groups is 1. The molecule has 0 bridgehead atoms. The Hall–Kier alpha value is -3.01. The fourth-order valence-electron chi connectivity index (χ4n) is 4.66. The second-order valence-corrected chi connectivity index (χ2v) is 7.70. The van der Waals surface area contributed by atoms with Crippen molar-refractivity contribution in [2.45, 2.75) is 31.7 Å². The molecule has 0 amide bonds. The van der Waals surface area contributed by atoms with Crippen molar-refractivity contribution in [1.29, 1.82) is 0 Å². The molecule has 1 aliphatic heterocycles.